The van der Waals surface area contributed by atoms with Crippen molar-refractivity contribution in [1.82, 2.24) is 14.7 Å². The summed E-state index contributed by atoms with van der Waals surface area (Å²) < 4.78 is 0. The predicted octanol–water partition coefficient (Wildman–Crippen LogP) is 3.32. The standard InChI is InChI=1S/C20H27Cl2N3O3/c1-3-23(4-2)18(26)6-5-7-19(27)24-10-12-25(13-11-24)20(28)16-9-8-15(21)14-17(16)22/h8-9,14H,3-7,10-13H2,1-2H3. The number of amides is 3. The van der Waals surface area contributed by atoms with Gasteiger partial charge in [0.05, 0.1) is 10.6 Å². The van der Waals surface area contributed by atoms with Gasteiger partial charge in [0, 0.05) is 57.1 Å². The van der Waals surface area contributed by atoms with E-state index in [-0.39, 0.29) is 17.7 Å². The number of benzene rings is 1. The topological polar surface area (TPSA) is 60.9 Å². The normalized spacial score (nSPS) is 14.1. The lowest BCUT2D eigenvalue weighted by Crippen LogP contribution is -2.50. The van der Waals surface area contributed by atoms with Crippen LogP contribution in [0.25, 0.3) is 0 Å². The fraction of sp³-hybridized carbons (Fsp3) is 0.550. The zero-order valence-electron chi connectivity index (χ0n) is 16.4. The van der Waals surface area contributed by atoms with E-state index < -0.39 is 0 Å². The Morgan fingerprint density at radius 2 is 1.57 bits per heavy atom. The minimum Gasteiger partial charge on any atom is -0.343 e. The first-order valence-corrected chi connectivity index (χ1v) is 10.4. The summed E-state index contributed by atoms with van der Waals surface area (Å²) in [5.41, 5.74) is 0.417. The van der Waals surface area contributed by atoms with E-state index in [9.17, 15) is 14.4 Å². The lowest BCUT2D eigenvalue weighted by Gasteiger charge is -2.35. The fourth-order valence-electron chi connectivity index (χ4n) is 3.28. The van der Waals surface area contributed by atoms with Gasteiger partial charge in [0.2, 0.25) is 11.8 Å². The van der Waals surface area contributed by atoms with Gasteiger partial charge in [-0.3, -0.25) is 14.4 Å². The Morgan fingerprint density at radius 1 is 0.964 bits per heavy atom. The first-order chi connectivity index (χ1) is 13.4. The monoisotopic (exact) mass is 427 g/mol. The summed E-state index contributed by atoms with van der Waals surface area (Å²) in [5.74, 6) is -0.0318. The van der Waals surface area contributed by atoms with Gasteiger partial charge >= 0.3 is 0 Å². The molecule has 3 amide bonds. The van der Waals surface area contributed by atoms with Crippen LogP contribution in [0.15, 0.2) is 18.2 Å². The smallest absolute Gasteiger partial charge is 0.255 e. The Hall–Kier alpha value is -1.79. The highest BCUT2D eigenvalue weighted by Gasteiger charge is 2.26. The number of carbonyl (C=O) groups excluding carboxylic acids is 3. The van der Waals surface area contributed by atoms with Crippen LogP contribution in [0.2, 0.25) is 10.0 Å². The Morgan fingerprint density at radius 3 is 2.14 bits per heavy atom. The third kappa shape index (κ3) is 5.85. The third-order valence-electron chi connectivity index (χ3n) is 4.98. The number of hydrogen-bond acceptors (Lipinski definition) is 3. The zero-order valence-corrected chi connectivity index (χ0v) is 17.9. The summed E-state index contributed by atoms with van der Waals surface area (Å²) in [4.78, 5) is 42.3. The van der Waals surface area contributed by atoms with Crippen LogP contribution >= 0.6 is 23.2 Å². The van der Waals surface area contributed by atoms with E-state index in [1.54, 1.807) is 32.9 Å². The first kappa shape index (κ1) is 22.5. The molecule has 28 heavy (non-hydrogen) atoms. The summed E-state index contributed by atoms with van der Waals surface area (Å²) in [7, 11) is 0. The molecule has 8 heteroatoms. The number of halogens is 2. The van der Waals surface area contributed by atoms with Gasteiger partial charge in [-0.2, -0.15) is 0 Å². The largest absolute Gasteiger partial charge is 0.343 e. The van der Waals surface area contributed by atoms with Crippen molar-refractivity contribution >= 4 is 40.9 Å². The molecule has 1 aliphatic heterocycles. The second-order valence-electron chi connectivity index (χ2n) is 6.72. The van der Waals surface area contributed by atoms with E-state index in [4.69, 9.17) is 23.2 Å². The van der Waals surface area contributed by atoms with Crippen LogP contribution in [0, 0.1) is 0 Å². The van der Waals surface area contributed by atoms with Gasteiger partial charge in [0.1, 0.15) is 0 Å². The van der Waals surface area contributed by atoms with E-state index in [0.29, 0.717) is 74.1 Å². The summed E-state index contributed by atoms with van der Waals surface area (Å²) in [6.45, 7) is 7.17. The maximum Gasteiger partial charge on any atom is 0.255 e. The molecule has 1 aromatic carbocycles. The number of rotatable bonds is 7. The molecular formula is C20H27Cl2N3O3. The second kappa shape index (κ2) is 10.7. The third-order valence-corrected chi connectivity index (χ3v) is 5.53. The number of carbonyl (C=O) groups is 3. The predicted molar refractivity (Wildman–Crippen MR) is 111 cm³/mol. The fourth-order valence-corrected chi connectivity index (χ4v) is 3.76. The van der Waals surface area contributed by atoms with Crippen molar-refractivity contribution in [3.8, 4) is 0 Å². The highest BCUT2D eigenvalue weighted by molar-refractivity contribution is 6.36. The number of nitrogens with zero attached hydrogens (tertiary/aromatic N) is 3. The molecule has 0 saturated carbocycles. The highest BCUT2D eigenvalue weighted by Crippen LogP contribution is 2.23. The molecule has 6 nitrogen and oxygen atoms in total. The van der Waals surface area contributed by atoms with Crippen molar-refractivity contribution < 1.29 is 14.4 Å². The average Bonchev–Trinajstić information content (AvgIpc) is 2.68. The van der Waals surface area contributed by atoms with Crippen LogP contribution in [0.3, 0.4) is 0 Å². The van der Waals surface area contributed by atoms with Crippen LogP contribution in [-0.2, 0) is 9.59 Å². The van der Waals surface area contributed by atoms with E-state index in [1.807, 2.05) is 13.8 Å². The quantitative estimate of drug-likeness (QED) is 0.670. The van der Waals surface area contributed by atoms with Gasteiger partial charge in [0.25, 0.3) is 5.91 Å². The minimum atomic E-state index is -0.154. The van der Waals surface area contributed by atoms with Crippen molar-refractivity contribution in [3.63, 3.8) is 0 Å². The van der Waals surface area contributed by atoms with Crippen LogP contribution in [-0.4, -0.2) is 71.7 Å². The van der Waals surface area contributed by atoms with Gasteiger partial charge < -0.3 is 14.7 Å². The molecule has 0 bridgehead atoms. The summed E-state index contributed by atoms with van der Waals surface area (Å²) in [6.07, 6.45) is 1.29. The van der Waals surface area contributed by atoms with E-state index in [2.05, 4.69) is 0 Å². The molecule has 0 N–H and O–H groups in total. The van der Waals surface area contributed by atoms with Crippen molar-refractivity contribution in [1.29, 1.82) is 0 Å². The molecule has 154 valence electrons. The maximum absolute atomic E-state index is 12.6. The molecule has 1 aromatic rings. The lowest BCUT2D eigenvalue weighted by molar-refractivity contribution is -0.133. The molecule has 1 saturated heterocycles. The summed E-state index contributed by atoms with van der Waals surface area (Å²) >= 11 is 12.0. The van der Waals surface area contributed by atoms with Crippen LogP contribution < -0.4 is 0 Å². The van der Waals surface area contributed by atoms with Crippen LogP contribution in [0.1, 0.15) is 43.5 Å². The first-order valence-electron chi connectivity index (χ1n) is 9.67. The van der Waals surface area contributed by atoms with Gasteiger partial charge in [-0.25, -0.2) is 0 Å². The molecule has 0 spiro atoms. The molecule has 0 unspecified atom stereocenters. The molecule has 0 atom stereocenters. The molecule has 0 aromatic heterocycles. The molecule has 0 radical (unpaired) electrons. The minimum absolute atomic E-state index is 0.0315. The maximum atomic E-state index is 12.6. The SMILES string of the molecule is CCN(CC)C(=O)CCCC(=O)N1CCN(C(=O)c2ccc(Cl)cc2Cl)CC1. The Balaban J connectivity index is 1.79. The summed E-state index contributed by atoms with van der Waals surface area (Å²) in [6, 6.07) is 4.81. The molecule has 1 fully saturated rings. The van der Waals surface area contributed by atoms with E-state index >= 15 is 0 Å². The zero-order chi connectivity index (χ0) is 20.7. The van der Waals surface area contributed by atoms with Gasteiger partial charge in [-0.15, -0.1) is 0 Å². The lowest BCUT2D eigenvalue weighted by atomic mass is 10.1. The van der Waals surface area contributed by atoms with Gasteiger partial charge in [0.15, 0.2) is 0 Å². The molecule has 2 rings (SSSR count). The number of piperazine rings is 1. The highest BCUT2D eigenvalue weighted by atomic mass is 35.5. The second-order valence-corrected chi connectivity index (χ2v) is 7.56. The van der Waals surface area contributed by atoms with Crippen molar-refractivity contribution in [2.75, 3.05) is 39.3 Å². The van der Waals surface area contributed by atoms with Gasteiger partial charge in [-0.1, -0.05) is 23.2 Å². The Labute approximate surface area is 176 Å². The van der Waals surface area contributed by atoms with E-state index in [1.165, 1.54) is 0 Å². The van der Waals surface area contributed by atoms with E-state index in [0.717, 1.165) is 0 Å². The molecule has 0 aliphatic carbocycles. The summed E-state index contributed by atoms with van der Waals surface area (Å²) in [5, 5.41) is 0.810. The van der Waals surface area contributed by atoms with Crippen molar-refractivity contribution in [2.45, 2.75) is 33.1 Å². The average molecular weight is 428 g/mol. The van der Waals surface area contributed by atoms with Crippen LogP contribution in [0.4, 0.5) is 0 Å². The van der Waals surface area contributed by atoms with Gasteiger partial charge in [-0.05, 0) is 38.5 Å². The Bertz CT molecular complexity index is 715. The van der Waals surface area contributed by atoms with Crippen LogP contribution in [0.5, 0.6) is 0 Å². The molecular weight excluding hydrogens is 401 g/mol. The molecule has 1 aliphatic rings. The van der Waals surface area contributed by atoms with Crippen molar-refractivity contribution in [2.24, 2.45) is 0 Å². The van der Waals surface area contributed by atoms with Crippen molar-refractivity contribution in [3.05, 3.63) is 33.8 Å². The molecule has 1 heterocycles. The Kier molecular flexibility index (Phi) is 8.58. The number of hydrogen-bond donors (Lipinski definition) is 0.